The van der Waals surface area contributed by atoms with E-state index in [2.05, 4.69) is 15.1 Å². The Kier molecular flexibility index (Phi) is 5.43. The molecule has 0 fully saturated rings. The van der Waals surface area contributed by atoms with E-state index >= 15 is 0 Å². The number of aromatic nitrogens is 5. The zero-order valence-electron chi connectivity index (χ0n) is 18.0. The number of carbonyl (C=O) groups excluding carboxylic acids is 2. The Labute approximate surface area is 182 Å². The van der Waals surface area contributed by atoms with Gasteiger partial charge >= 0.3 is 5.97 Å². The second-order valence-corrected chi connectivity index (χ2v) is 7.60. The van der Waals surface area contributed by atoms with Crippen LogP contribution < -0.4 is 11.3 Å². The van der Waals surface area contributed by atoms with Gasteiger partial charge in [-0.1, -0.05) is 6.07 Å². The first-order chi connectivity index (χ1) is 15.2. The van der Waals surface area contributed by atoms with Gasteiger partial charge in [0.15, 0.2) is 5.65 Å². The van der Waals surface area contributed by atoms with Crippen molar-refractivity contribution in [1.82, 2.24) is 24.0 Å². The largest absolute Gasteiger partial charge is 0.459 e. The van der Waals surface area contributed by atoms with Gasteiger partial charge in [0.2, 0.25) is 0 Å². The van der Waals surface area contributed by atoms with Gasteiger partial charge in [0.1, 0.15) is 17.8 Å². The molecule has 0 aliphatic carbocycles. The average molecular weight is 434 g/mol. The predicted molar refractivity (Wildman–Crippen MR) is 115 cm³/mol. The van der Waals surface area contributed by atoms with E-state index in [1.807, 2.05) is 19.9 Å². The summed E-state index contributed by atoms with van der Waals surface area (Å²) in [4.78, 5) is 44.9. The molecule has 4 aromatic rings. The Morgan fingerprint density at radius 3 is 2.69 bits per heavy atom. The third-order valence-corrected chi connectivity index (χ3v) is 5.29. The van der Waals surface area contributed by atoms with Gasteiger partial charge in [-0.25, -0.2) is 14.5 Å². The number of hydrogen-bond donors (Lipinski definition) is 1. The maximum Gasteiger partial charge on any atom is 0.306 e. The van der Waals surface area contributed by atoms with E-state index in [1.165, 1.54) is 16.7 Å². The standard InChI is InChI=1S/C22H22N6O4/c1-12-4-6-18-26-15(8-19(29)27(18)10-12)11-32-20(30)7-5-16-13(2)25-22-17(21(23)31)9-24-28(22)14(16)3/h4,6,8-10H,5,7,11H2,1-3H3,(H2,23,31). The second-order valence-electron chi connectivity index (χ2n) is 7.60. The minimum atomic E-state index is -0.598. The number of primary amides is 1. The Morgan fingerprint density at radius 1 is 1.16 bits per heavy atom. The molecule has 0 aromatic carbocycles. The van der Waals surface area contributed by atoms with Crippen LogP contribution in [0.2, 0.25) is 0 Å². The maximum atomic E-state index is 12.3. The molecule has 0 saturated carbocycles. The van der Waals surface area contributed by atoms with Gasteiger partial charge in [-0.15, -0.1) is 0 Å². The first kappa shape index (κ1) is 21.2. The fourth-order valence-corrected chi connectivity index (χ4v) is 3.63. The van der Waals surface area contributed by atoms with Crippen LogP contribution in [0.5, 0.6) is 0 Å². The number of nitrogens with zero attached hydrogens (tertiary/aromatic N) is 5. The van der Waals surface area contributed by atoms with Crippen LogP contribution in [0.3, 0.4) is 0 Å². The van der Waals surface area contributed by atoms with Crippen molar-refractivity contribution in [2.75, 3.05) is 0 Å². The van der Waals surface area contributed by atoms with Crippen LogP contribution in [0.25, 0.3) is 11.3 Å². The highest BCUT2D eigenvalue weighted by atomic mass is 16.5. The lowest BCUT2D eigenvalue weighted by Crippen LogP contribution is -2.17. The Morgan fingerprint density at radius 2 is 1.94 bits per heavy atom. The molecule has 32 heavy (non-hydrogen) atoms. The van der Waals surface area contributed by atoms with Crippen LogP contribution in [0.15, 0.2) is 35.4 Å². The zero-order chi connectivity index (χ0) is 23.0. The van der Waals surface area contributed by atoms with Gasteiger partial charge in [0.25, 0.3) is 11.5 Å². The molecular formula is C22H22N6O4. The lowest BCUT2D eigenvalue weighted by molar-refractivity contribution is -0.145. The summed E-state index contributed by atoms with van der Waals surface area (Å²) >= 11 is 0. The van der Waals surface area contributed by atoms with Crippen molar-refractivity contribution in [2.45, 2.75) is 40.2 Å². The molecule has 4 rings (SSSR count). The maximum absolute atomic E-state index is 12.3. The number of fused-ring (bicyclic) bond motifs is 2. The molecule has 0 spiro atoms. The zero-order valence-corrected chi connectivity index (χ0v) is 18.0. The molecule has 1 amide bonds. The van der Waals surface area contributed by atoms with Gasteiger partial charge in [-0.2, -0.15) is 5.10 Å². The molecule has 10 nitrogen and oxygen atoms in total. The number of ether oxygens (including phenoxy) is 1. The van der Waals surface area contributed by atoms with Crippen molar-refractivity contribution in [3.63, 3.8) is 0 Å². The van der Waals surface area contributed by atoms with Crippen LogP contribution >= 0.6 is 0 Å². The van der Waals surface area contributed by atoms with Crippen molar-refractivity contribution in [2.24, 2.45) is 5.73 Å². The molecule has 0 saturated heterocycles. The highest BCUT2D eigenvalue weighted by Crippen LogP contribution is 2.18. The third-order valence-electron chi connectivity index (χ3n) is 5.29. The number of amides is 1. The van der Waals surface area contributed by atoms with Gasteiger partial charge in [-0.05, 0) is 44.4 Å². The van der Waals surface area contributed by atoms with E-state index in [4.69, 9.17) is 10.5 Å². The molecule has 0 unspecified atom stereocenters. The Hall–Kier alpha value is -4.08. The molecule has 0 aliphatic heterocycles. The van der Waals surface area contributed by atoms with E-state index in [0.29, 0.717) is 29.1 Å². The molecule has 0 radical (unpaired) electrons. The van der Waals surface area contributed by atoms with Gasteiger partial charge in [-0.3, -0.25) is 18.8 Å². The number of pyridine rings is 1. The van der Waals surface area contributed by atoms with Crippen molar-refractivity contribution < 1.29 is 14.3 Å². The Bertz CT molecular complexity index is 1440. The van der Waals surface area contributed by atoms with Crippen LogP contribution in [-0.4, -0.2) is 35.9 Å². The fourth-order valence-electron chi connectivity index (χ4n) is 3.63. The van der Waals surface area contributed by atoms with E-state index in [1.54, 1.807) is 23.7 Å². The number of carbonyl (C=O) groups is 2. The minimum absolute atomic E-state index is 0.0885. The normalized spacial score (nSPS) is 11.2. The molecule has 2 N–H and O–H groups in total. The minimum Gasteiger partial charge on any atom is -0.459 e. The molecule has 4 heterocycles. The monoisotopic (exact) mass is 434 g/mol. The SMILES string of the molecule is Cc1ccc2nc(COC(=O)CCc3c(C)nc4c(C(N)=O)cnn4c3C)cc(=O)n2c1. The highest BCUT2D eigenvalue weighted by molar-refractivity contribution is 5.98. The number of nitrogens with two attached hydrogens (primary N) is 1. The summed E-state index contributed by atoms with van der Waals surface area (Å²) in [7, 11) is 0. The summed E-state index contributed by atoms with van der Waals surface area (Å²) in [6.45, 7) is 5.45. The summed E-state index contributed by atoms with van der Waals surface area (Å²) in [6, 6.07) is 4.97. The summed E-state index contributed by atoms with van der Waals surface area (Å²) in [6.07, 6.45) is 3.60. The second kappa shape index (κ2) is 8.22. The van der Waals surface area contributed by atoms with Crippen LogP contribution in [0.4, 0.5) is 0 Å². The molecule has 0 aliphatic rings. The summed E-state index contributed by atoms with van der Waals surface area (Å²) in [5.74, 6) is -1.02. The van der Waals surface area contributed by atoms with Crippen molar-refractivity contribution in [1.29, 1.82) is 0 Å². The average Bonchev–Trinajstić information content (AvgIpc) is 3.17. The summed E-state index contributed by atoms with van der Waals surface area (Å²) in [5.41, 5.74) is 9.90. The first-order valence-electron chi connectivity index (χ1n) is 10.0. The van der Waals surface area contributed by atoms with Gasteiger partial charge in [0.05, 0.1) is 11.9 Å². The lowest BCUT2D eigenvalue weighted by Gasteiger charge is -2.11. The molecule has 0 atom stereocenters. The quantitative estimate of drug-likeness (QED) is 0.454. The predicted octanol–water partition coefficient (Wildman–Crippen LogP) is 1.44. The molecule has 0 bridgehead atoms. The number of hydrogen-bond acceptors (Lipinski definition) is 7. The highest BCUT2D eigenvalue weighted by Gasteiger charge is 2.17. The van der Waals surface area contributed by atoms with Gasteiger partial charge in [0, 0.05) is 30.1 Å². The first-order valence-corrected chi connectivity index (χ1v) is 10.0. The van der Waals surface area contributed by atoms with Crippen LogP contribution in [0.1, 0.15) is 45.0 Å². The van der Waals surface area contributed by atoms with E-state index in [0.717, 1.165) is 16.8 Å². The molecule has 164 valence electrons. The van der Waals surface area contributed by atoms with E-state index in [9.17, 15) is 14.4 Å². The molecule has 4 aromatic heterocycles. The van der Waals surface area contributed by atoms with Crippen molar-refractivity contribution >= 4 is 23.2 Å². The van der Waals surface area contributed by atoms with E-state index < -0.39 is 11.9 Å². The van der Waals surface area contributed by atoms with Gasteiger partial charge < -0.3 is 10.5 Å². The molecule has 10 heteroatoms. The third kappa shape index (κ3) is 3.94. The topological polar surface area (TPSA) is 134 Å². The molecular weight excluding hydrogens is 412 g/mol. The lowest BCUT2D eigenvalue weighted by atomic mass is 10.1. The number of aryl methyl sites for hydroxylation is 3. The fraction of sp³-hybridized carbons (Fsp3) is 0.273. The van der Waals surface area contributed by atoms with Crippen molar-refractivity contribution in [3.05, 3.63) is 74.7 Å². The number of rotatable bonds is 6. The van der Waals surface area contributed by atoms with Crippen molar-refractivity contribution in [3.8, 4) is 0 Å². The van der Waals surface area contributed by atoms with Crippen LogP contribution in [0, 0.1) is 20.8 Å². The summed E-state index contributed by atoms with van der Waals surface area (Å²) in [5, 5.41) is 4.18. The summed E-state index contributed by atoms with van der Waals surface area (Å²) < 4.78 is 8.32. The van der Waals surface area contributed by atoms with E-state index in [-0.39, 0.29) is 24.2 Å². The van der Waals surface area contributed by atoms with Crippen LogP contribution in [-0.2, 0) is 22.6 Å². The smallest absolute Gasteiger partial charge is 0.306 e. The Balaban J connectivity index is 1.45. The number of esters is 1.